The Labute approximate surface area is 149 Å². The molecule has 3 heteroatoms. The van der Waals surface area contributed by atoms with Gasteiger partial charge in [0, 0.05) is 0 Å². The summed E-state index contributed by atoms with van der Waals surface area (Å²) < 4.78 is 0. The van der Waals surface area contributed by atoms with E-state index in [1.54, 1.807) is 0 Å². The maximum absolute atomic E-state index is 6.95. The van der Waals surface area contributed by atoms with Gasteiger partial charge < -0.3 is 0 Å². The van der Waals surface area contributed by atoms with Crippen LogP contribution in [0.15, 0.2) is 0 Å². The minimum absolute atomic E-state index is 0.0341. The monoisotopic (exact) mass is 308 g/mol. The Hall–Kier alpha value is 0.195. The highest BCUT2D eigenvalue weighted by Crippen LogP contribution is 2.54. The molecule has 0 N–H and O–H groups in total. The van der Waals surface area contributed by atoms with E-state index in [4.69, 9.17) is 23.5 Å². The van der Waals surface area contributed by atoms with Crippen molar-refractivity contribution in [2.24, 2.45) is 17.8 Å². The van der Waals surface area contributed by atoms with Crippen LogP contribution < -0.4 is 0 Å². The molecule has 2 aliphatic rings. The predicted molar refractivity (Wildman–Crippen MR) is 105 cm³/mol. The van der Waals surface area contributed by atoms with Gasteiger partial charge in [-0.25, -0.2) is 0 Å². The second-order valence-electron chi connectivity index (χ2n) is 9.91. The van der Waals surface area contributed by atoms with E-state index in [9.17, 15) is 0 Å². The van der Waals surface area contributed by atoms with E-state index in [2.05, 4.69) is 27.7 Å². The van der Waals surface area contributed by atoms with Crippen molar-refractivity contribution >= 4 is 23.5 Å². The molecule has 6 radical (unpaired) electrons. The highest BCUT2D eigenvalue weighted by molar-refractivity contribution is 6.16. The number of rotatable bonds is 3. The van der Waals surface area contributed by atoms with Crippen molar-refractivity contribution in [2.45, 2.75) is 108 Å². The van der Waals surface area contributed by atoms with Crippen LogP contribution in [0.5, 0.6) is 0 Å². The maximum atomic E-state index is 6.95. The third-order valence-electron chi connectivity index (χ3n) is 7.03. The summed E-state index contributed by atoms with van der Waals surface area (Å²) in [7, 11) is 19.6. The lowest BCUT2D eigenvalue weighted by molar-refractivity contribution is 0.161. The van der Waals surface area contributed by atoms with Crippen molar-refractivity contribution in [2.75, 3.05) is 0 Å². The maximum Gasteiger partial charge on any atom is 0.0750 e. The molecule has 2 fully saturated rings. The standard InChI is InChI=1S/C20H35B3/c1-18(2,21)15-7-5-13-20(23,14-6-8-15)17-11-9-16(10-12-17)19(3,4)22/h15-17H,5-14H2,1-4H3. The first-order chi connectivity index (χ1) is 10.5. The molecule has 2 rings (SSSR count). The summed E-state index contributed by atoms with van der Waals surface area (Å²) in [6, 6.07) is 0. The van der Waals surface area contributed by atoms with Crippen LogP contribution in [0, 0.1) is 17.8 Å². The van der Waals surface area contributed by atoms with Crippen LogP contribution in [0.2, 0.25) is 15.9 Å². The van der Waals surface area contributed by atoms with E-state index >= 15 is 0 Å². The SMILES string of the molecule is [B]C(C)(C)C1CCCC([B])(C2CCC(C([B])(C)C)CC2)CCC1. The first-order valence-corrected chi connectivity index (χ1v) is 9.89. The first-order valence-electron chi connectivity index (χ1n) is 9.89. The Kier molecular flexibility index (Phi) is 6.12. The molecule has 0 nitrogen and oxygen atoms in total. The molecule has 0 aliphatic heterocycles. The lowest BCUT2D eigenvalue weighted by atomic mass is 9.49. The van der Waals surface area contributed by atoms with Crippen molar-refractivity contribution < 1.29 is 0 Å². The lowest BCUT2D eigenvalue weighted by Crippen LogP contribution is -2.32. The normalized spacial score (nSPS) is 37.8. The Bertz CT molecular complexity index is 359. The van der Waals surface area contributed by atoms with Gasteiger partial charge in [0.1, 0.15) is 0 Å². The summed E-state index contributed by atoms with van der Waals surface area (Å²) in [5.41, 5.74) is 0. The minimum Gasteiger partial charge on any atom is -0.0688 e. The van der Waals surface area contributed by atoms with E-state index < -0.39 is 0 Å². The van der Waals surface area contributed by atoms with Crippen molar-refractivity contribution in [1.29, 1.82) is 0 Å². The summed E-state index contributed by atoms with van der Waals surface area (Å²) in [5.74, 6) is 2.02. The van der Waals surface area contributed by atoms with Crippen LogP contribution in [0.1, 0.15) is 91.9 Å². The average molecular weight is 308 g/mol. The van der Waals surface area contributed by atoms with Gasteiger partial charge in [-0.05, 0) is 17.8 Å². The van der Waals surface area contributed by atoms with Crippen LogP contribution >= 0.6 is 0 Å². The summed E-state index contributed by atoms with van der Waals surface area (Å²) in [6.45, 7) is 8.73. The van der Waals surface area contributed by atoms with Crippen molar-refractivity contribution in [3.63, 3.8) is 0 Å². The molecule has 0 heterocycles. The molecule has 0 aromatic carbocycles. The fraction of sp³-hybridized carbons (Fsp3) is 1.00. The van der Waals surface area contributed by atoms with E-state index in [0.29, 0.717) is 17.8 Å². The molecule has 0 spiro atoms. The first kappa shape index (κ1) is 19.5. The molecule has 0 atom stereocenters. The zero-order valence-corrected chi connectivity index (χ0v) is 16.0. The number of hydrogen-bond acceptors (Lipinski definition) is 0. The summed E-state index contributed by atoms with van der Waals surface area (Å²) in [5, 5.41) is -0.0135. The number of hydrogen-bond donors (Lipinski definition) is 0. The molecule has 0 amide bonds. The smallest absolute Gasteiger partial charge is 0.0688 e. The van der Waals surface area contributed by atoms with Gasteiger partial charge in [-0.15, -0.1) is 0 Å². The molecule has 23 heavy (non-hydrogen) atoms. The summed E-state index contributed by atoms with van der Waals surface area (Å²) in [6.07, 6.45) is 12.4. The fourth-order valence-electron chi connectivity index (χ4n) is 5.19. The van der Waals surface area contributed by atoms with E-state index in [1.807, 2.05) is 0 Å². The lowest BCUT2D eigenvalue weighted by Gasteiger charge is -2.47. The van der Waals surface area contributed by atoms with Gasteiger partial charge in [0.05, 0.1) is 23.5 Å². The third kappa shape index (κ3) is 5.08. The largest absolute Gasteiger partial charge is 0.0750 e. The van der Waals surface area contributed by atoms with Gasteiger partial charge in [0.25, 0.3) is 0 Å². The average Bonchev–Trinajstić information content (AvgIpc) is 2.41. The highest BCUT2D eigenvalue weighted by atomic mass is 14.4. The molecule has 124 valence electrons. The van der Waals surface area contributed by atoms with Crippen molar-refractivity contribution in [1.82, 2.24) is 0 Å². The molecule has 2 aliphatic carbocycles. The van der Waals surface area contributed by atoms with Gasteiger partial charge >= 0.3 is 0 Å². The van der Waals surface area contributed by atoms with Crippen LogP contribution in [-0.4, -0.2) is 23.5 Å². The second kappa shape index (κ2) is 7.21. The highest BCUT2D eigenvalue weighted by Gasteiger charge is 2.39. The van der Waals surface area contributed by atoms with Gasteiger partial charge in [-0.1, -0.05) is 108 Å². The van der Waals surface area contributed by atoms with E-state index in [1.165, 1.54) is 64.2 Å². The third-order valence-corrected chi connectivity index (χ3v) is 7.03. The molecule has 0 saturated heterocycles. The van der Waals surface area contributed by atoms with Crippen molar-refractivity contribution in [3.8, 4) is 0 Å². The predicted octanol–water partition coefficient (Wildman–Crippen LogP) is 5.82. The van der Waals surface area contributed by atoms with E-state index in [0.717, 1.165) is 0 Å². The molecule has 0 bridgehead atoms. The molecule has 0 aromatic heterocycles. The Balaban J connectivity index is 1.91. The van der Waals surface area contributed by atoms with Crippen molar-refractivity contribution in [3.05, 3.63) is 0 Å². The topological polar surface area (TPSA) is 0 Å². The van der Waals surface area contributed by atoms with Gasteiger partial charge in [-0.2, -0.15) is 0 Å². The quantitative estimate of drug-likeness (QED) is 0.576. The Morgan fingerprint density at radius 1 is 0.696 bits per heavy atom. The molecular weight excluding hydrogens is 273 g/mol. The summed E-state index contributed by atoms with van der Waals surface area (Å²) >= 11 is 0. The zero-order valence-electron chi connectivity index (χ0n) is 16.0. The van der Waals surface area contributed by atoms with Crippen LogP contribution in [0.25, 0.3) is 0 Å². The fourth-order valence-corrected chi connectivity index (χ4v) is 5.19. The van der Waals surface area contributed by atoms with Crippen LogP contribution in [0.4, 0.5) is 0 Å². The van der Waals surface area contributed by atoms with Gasteiger partial charge in [0.2, 0.25) is 0 Å². The Morgan fingerprint density at radius 3 is 1.48 bits per heavy atom. The van der Waals surface area contributed by atoms with Gasteiger partial charge in [-0.3, -0.25) is 0 Å². The summed E-state index contributed by atoms with van der Waals surface area (Å²) in [4.78, 5) is 0. The molecular formula is C20H35B3. The minimum atomic E-state index is -0.0423. The van der Waals surface area contributed by atoms with Crippen LogP contribution in [0.3, 0.4) is 0 Å². The Morgan fingerprint density at radius 2 is 1.09 bits per heavy atom. The second-order valence-corrected chi connectivity index (χ2v) is 9.91. The van der Waals surface area contributed by atoms with Crippen LogP contribution in [-0.2, 0) is 0 Å². The molecule has 2 saturated carbocycles. The molecule has 0 unspecified atom stereocenters. The van der Waals surface area contributed by atoms with E-state index in [-0.39, 0.29) is 15.9 Å². The van der Waals surface area contributed by atoms with Gasteiger partial charge in [0.15, 0.2) is 0 Å². The zero-order chi connectivity index (χ0) is 17.3. The molecule has 0 aromatic rings.